The van der Waals surface area contributed by atoms with Crippen LogP contribution < -0.4 is 10.5 Å². The molecule has 2 fully saturated rings. The summed E-state index contributed by atoms with van der Waals surface area (Å²) in [5.74, 6) is 0.490. The second-order valence-electron chi connectivity index (χ2n) is 5.89. The largest absolute Gasteiger partial charge is 0.330 e. The van der Waals surface area contributed by atoms with E-state index in [0.717, 1.165) is 38.5 Å². The first-order valence-corrected chi connectivity index (χ1v) is 9.03. The van der Waals surface area contributed by atoms with E-state index in [1.54, 1.807) is 4.31 Å². The Bertz CT molecular complexity index is 356. The van der Waals surface area contributed by atoms with Crippen LogP contribution in [0.3, 0.4) is 0 Å². The van der Waals surface area contributed by atoms with E-state index in [1.165, 1.54) is 12.8 Å². The molecule has 0 aromatic carbocycles. The molecule has 19 heavy (non-hydrogen) atoms. The predicted molar refractivity (Wildman–Crippen MR) is 76.9 cm³/mol. The van der Waals surface area contributed by atoms with Gasteiger partial charge in [0.1, 0.15) is 0 Å². The van der Waals surface area contributed by atoms with Gasteiger partial charge in [-0.05, 0) is 38.1 Å². The fourth-order valence-electron chi connectivity index (χ4n) is 3.07. The summed E-state index contributed by atoms with van der Waals surface area (Å²) < 4.78 is 29.2. The predicted octanol–water partition coefficient (Wildman–Crippen LogP) is 1.21. The van der Waals surface area contributed by atoms with E-state index in [-0.39, 0.29) is 6.04 Å². The summed E-state index contributed by atoms with van der Waals surface area (Å²) in [6.45, 7) is 1.90. The highest BCUT2D eigenvalue weighted by Gasteiger charge is 2.29. The van der Waals surface area contributed by atoms with Gasteiger partial charge in [0.15, 0.2) is 0 Å². The van der Waals surface area contributed by atoms with E-state index in [9.17, 15) is 8.42 Å². The van der Waals surface area contributed by atoms with Gasteiger partial charge in [0.05, 0.1) is 0 Å². The van der Waals surface area contributed by atoms with E-state index < -0.39 is 10.2 Å². The van der Waals surface area contributed by atoms with Gasteiger partial charge in [0.2, 0.25) is 0 Å². The van der Waals surface area contributed by atoms with Crippen LogP contribution in [0, 0.1) is 5.92 Å². The Balaban J connectivity index is 1.87. The average molecular weight is 289 g/mol. The van der Waals surface area contributed by atoms with Gasteiger partial charge in [-0.3, -0.25) is 0 Å². The standard InChI is InChI=1S/C13H27N3O2S/c14-11-12-7-9-16(10-8-12)19(17,18)15-13-5-3-1-2-4-6-13/h12-13,15H,1-11,14H2. The van der Waals surface area contributed by atoms with Crippen molar-refractivity contribution in [2.24, 2.45) is 11.7 Å². The third-order valence-electron chi connectivity index (χ3n) is 4.42. The van der Waals surface area contributed by atoms with E-state index in [0.29, 0.717) is 25.6 Å². The Morgan fingerprint density at radius 1 is 1.00 bits per heavy atom. The van der Waals surface area contributed by atoms with Crippen molar-refractivity contribution < 1.29 is 8.42 Å². The summed E-state index contributed by atoms with van der Waals surface area (Å²) in [7, 11) is -3.29. The first-order valence-electron chi connectivity index (χ1n) is 7.59. The molecule has 1 heterocycles. The Kier molecular flexibility index (Phi) is 5.62. The Morgan fingerprint density at radius 3 is 2.11 bits per heavy atom. The molecule has 1 saturated heterocycles. The molecular weight excluding hydrogens is 262 g/mol. The number of nitrogens with one attached hydrogen (secondary N) is 1. The maximum absolute atomic E-state index is 12.3. The molecule has 1 saturated carbocycles. The molecule has 0 bridgehead atoms. The topological polar surface area (TPSA) is 75.4 Å². The lowest BCUT2D eigenvalue weighted by molar-refractivity contribution is 0.273. The minimum atomic E-state index is -3.29. The molecule has 0 aromatic heterocycles. The molecule has 0 aromatic rings. The van der Waals surface area contributed by atoms with Crippen molar-refractivity contribution in [1.29, 1.82) is 0 Å². The lowest BCUT2D eigenvalue weighted by atomic mass is 9.99. The molecule has 0 amide bonds. The average Bonchev–Trinajstić information content (AvgIpc) is 2.67. The monoisotopic (exact) mass is 289 g/mol. The van der Waals surface area contributed by atoms with Gasteiger partial charge in [0, 0.05) is 19.1 Å². The van der Waals surface area contributed by atoms with Crippen LogP contribution in [0.4, 0.5) is 0 Å². The number of piperidine rings is 1. The molecule has 6 heteroatoms. The maximum Gasteiger partial charge on any atom is 0.279 e. The molecule has 2 aliphatic rings. The van der Waals surface area contributed by atoms with E-state index in [4.69, 9.17) is 5.73 Å². The lowest BCUT2D eigenvalue weighted by Crippen LogP contribution is -2.48. The third-order valence-corrected chi connectivity index (χ3v) is 6.09. The van der Waals surface area contributed by atoms with Crippen molar-refractivity contribution in [3.63, 3.8) is 0 Å². The maximum atomic E-state index is 12.3. The Labute approximate surface area is 117 Å². The van der Waals surface area contributed by atoms with Gasteiger partial charge in [-0.1, -0.05) is 25.7 Å². The second kappa shape index (κ2) is 7.02. The first kappa shape index (κ1) is 15.2. The number of hydrogen-bond donors (Lipinski definition) is 2. The fourth-order valence-corrected chi connectivity index (χ4v) is 4.57. The van der Waals surface area contributed by atoms with Crippen molar-refractivity contribution in [2.45, 2.75) is 57.4 Å². The molecular formula is C13H27N3O2S. The molecule has 112 valence electrons. The quantitative estimate of drug-likeness (QED) is 0.764. The Hall–Kier alpha value is -0.170. The molecule has 1 aliphatic carbocycles. The minimum absolute atomic E-state index is 0.139. The van der Waals surface area contributed by atoms with Crippen LogP contribution in [-0.4, -0.2) is 38.4 Å². The zero-order chi connectivity index (χ0) is 13.7. The number of rotatable bonds is 4. The highest BCUT2D eigenvalue weighted by atomic mass is 32.2. The van der Waals surface area contributed by atoms with Crippen molar-refractivity contribution in [2.75, 3.05) is 19.6 Å². The van der Waals surface area contributed by atoms with Gasteiger partial charge >= 0.3 is 0 Å². The highest BCUT2D eigenvalue weighted by molar-refractivity contribution is 7.87. The molecule has 1 aliphatic heterocycles. The van der Waals surface area contributed by atoms with E-state index in [1.807, 2.05) is 0 Å². The van der Waals surface area contributed by atoms with E-state index in [2.05, 4.69) is 4.72 Å². The van der Waals surface area contributed by atoms with Crippen LogP contribution in [0.1, 0.15) is 51.4 Å². The van der Waals surface area contributed by atoms with Crippen molar-refractivity contribution >= 4 is 10.2 Å². The second-order valence-corrected chi connectivity index (χ2v) is 7.59. The smallest absolute Gasteiger partial charge is 0.279 e. The molecule has 0 atom stereocenters. The summed E-state index contributed by atoms with van der Waals surface area (Å²) >= 11 is 0. The van der Waals surface area contributed by atoms with Crippen molar-refractivity contribution in [1.82, 2.24) is 9.03 Å². The molecule has 0 radical (unpaired) electrons. The van der Waals surface area contributed by atoms with Crippen LogP contribution in [0.25, 0.3) is 0 Å². The van der Waals surface area contributed by atoms with Crippen LogP contribution in [0.5, 0.6) is 0 Å². The summed E-state index contributed by atoms with van der Waals surface area (Å²) in [6.07, 6.45) is 8.51. The molecule has 0 spiro atoms. The van der Waals surface area contributed by atoms with Crippen LogP contribution in [-0.2, 0) is 10.2 Å². The first-order chi connectivity index (χ1) is 9.12. The third kappa shape index (κ3) is 4.41. The lowest BCUT2D eigenvalue weighted by Gasteiger charge is -2.31. The summed E-state index contributed by atoms with van der Waals surface area (Å²) in [5, 5.41) is 0. The molecule has 5 nitrogen and oxygen atoms in total. The number of hydrogen-bond acceptors (Lipinski definition) is 3. The van der Waals surface area contributed by atoms with Gasteiger partial charge in [-0.15, -0.1) is 0 Å². The van der Waals surface area contributed by atoms with Gasteiger partial charge in [-0.2, -0.15) is 17.4 Å². The zero-order valence-corrected chi connectivity index (χ0v) is 12.5. The molecule has 2 rings (SSSR count). The number of nitrogens with two attached hydrogens (primary N) is 1. The zero-order valence-electron chi connectivity index (χ0n) is 11.7. The fraction of sp³-hybridized carbons (Fsp3) is 1.00. The molecule has 3 N–H and O–H groups in total. The Morgan fingerprint density at radius 2 is 1.58 bits per heavy atom. The normalized spacial score (nSPS) is 25.3. The highest BCUT2D eigenvalue weighted by Crippen LogP contribution is 2.21. The number of nitrogens with zero attached hydrogens (tertiary/aromatic N) is 1. The van der Waals surface area contributed by atoms with Gasteiger partial charge in [0.25, 0.3) is 10.2 Å². The minimum Gasteiger partial charge on any atom is -0.330 e. The van der Waals surface area contributed by atoms with Gasteiger partial charge in [-0.25, -0.2) is 0 Å². The summed E-state index contributed by atoms with van der Waals surface area (Å²) in [4.78, 5) is 0. The summed E-state index contributed by atoms with van der Waals surface area (Å²) in [6, 6.07) is 0.139. The van der Waals surface area contributed by atoms with Gasteiger partial charge < -0.3 is 5.73 Å². The van der Waals surface area contributed by atoms with Crippen molar-refractivity contribution in [3.8, 4) is 0 Å². The van der Waals surface area contributed by atoms with Crippen molar-refractivity contribution in [3.05, 3.63) is 0 Å². The van der Waals surface area contributed by atoms with E-state index >= 15 is 0 Å². The van der Waals surface area contributed by atoms with Crippen LogP contribution in [0.15, 0.2) is 0 Å². The van der Waals surface area contributed by atoms with Crippen LogP contribution in [0.2, 0.25) is 0 Å². The molecule has 0 unspecified atom stereocenters. The SMILES string of the molecule is NCC1CCN(S(=O)(=O)NC2CCCCCC2)CC1. The summed E-state index contributed by atoms with van der Waals surface area (Å²) in [5.41, 5.74) is 5.64. The van der Waals surface area contributed by atoms with Crippen LogP contribution >= 0.6 is 0 Å².